The van der Waals surface area contributed by atoms with E-state index in [0.29, 0.717) is 12.2 Å². The van der Waals surface area contributed by atoms with Crippen LogP contribution >= 0.6 is 11.3 Å². The van der Waals surface area contributed by atoms with Gasteiger partial charge in [0.2, 0.25) is 0 Å². The van der Waals surface area contributed by atoms with Crippen molar-refractivity contribution < 1.29 is 9.53 Å². The van der Waals surface area contributed by atoms with Crippen molar-refractivity contribution in [2.24, 2.45) is 7.05 Å². The number of hydrogen-bond acceptors (Lipinski definition) is 5. The highest BCUT2D eigenvalue weighted by molar-refractivity contribution is 7.07. The van der Waals surface area contributed by atoms with Gasteiger partial charge in [0.25, 0.3) is 5.91 Å². The number of thiophene rings is 1. The van der Waals surface area contributed by atoms with Crippen molar-refractivity contribution in [3.8, 4) is 0 Å². The maximum atomic E-state index is 12.4. The summed E-state index contributed by atoms with van der Waals surface area (Å²) in [5.41, 5.74) is 2.88. The number of amides is 1. The number of nitrogens with zero attached hydrogens (tertiary/aromatic N) is 3. The molecule has 4 rings (SSSR count). The van der Waals surface area contributed by atoms with Crippen molar-refractivity contribution in [2.75, 3.05) is 19.6 Å². The largest absolute Gasteiger partial charge is 0.370 e. The van der Waals surface area contributed by atoms with Crippen LogP contribution in [0.2, 0.25) is 0 Å². The zero-order chi connectivity index (χ0) is 18.9. The minimum Gasteiger partial charge on any atom is -0.370 e. The molecule has 4 heterocycles. The Bertz CT molecular complexity index is 778. The third-order valence-corrected chi connectivity index (χ3v) is 6.55. The Kier molecular flexibility index (Phi) is 5.34. The Hall–Kier alpha value is -1.70. The van der Waals surface area contributed by atoms with Crippen LogP contribution in [0, 0.1) is 6.92 Å². The van der Waals surface area contributed by atoms with Gasteiger partial charge in [0.05, 0.1) is 17.4 Å². The van der Waals surface area contributed by atoms with E-state index in [9.17, 15) is 4.79 Å². The number of carbonyl (C=O) groups excluding carboxylic acids is 1. The molecule has 2 aromatic heterocycles. The van der Waals surface area contributed by atoms with Crippen LogP contribution < -0.4 is 5.32 Å². The first kappa shape index (κ1) is 18.7. The van der Waals surface area contributed by atoms with Crippen LogP contribution in [0.4, 0.5) is 0 Å². The number of rotatable bonds is 5. The molecule has 1 N–H and O–H groups in total. The van der Waals surface area contributed by atoms with Crippen molar-refractivity contribution >= 4 is 17.2 Å². The highest BCUT2D eigenvalue weighted by Gasteiger charge is 2.42. The van der Waals surface area contributed by atoms with Crippen LogP contribution in [0.5, 0.6) is 0 Å². The fourth-order valence-electron chi connectivity index (χ4n) is 4.29. The van der Waals surface area contributed by atoms with E-state index in [2.05, 4.69) is 32.1 Å². The minimum absolute atomic E-state index is 0.0175. The second-order valence-electron chi connectivity index (χ2n) is 7.87. The summed E-state index contributed by atoms with van der Waals surface area (Å²) in [6, 6.07) is 4.03. The van der Waals surface area contributed by atoms with Gasteiger partial charge in [0.15, 0.2) is 0 Å². The van der Waals surface area contributed by atoms with Crippen molar-refractivity contribution in [2.45, 2.75) is 50.9 Å². The molecular weight excluding hydrogens is 360 g/mol. The number of nitrogens with one attached hydrogen (secondary N) is 1. The van der Waals surface area contributed by atoms with E-state index in [0.717, 1.165) is 51.0 Å². The fourth-order valence-corrected chi connectivity index (χ4v) is 4.95. The van der Waals surface area contributed by atoms with Crippen molar-refractivity contribution in [3.63, 3.8) is 0 Å². The number of likely N-dealkylation sites (tertiary alicyclic amines) is 1. The van der Waals surface area contributed by atoms with Gasteiger partial charge in [-0.3, -0.25) is 14.4 Å². The second kappa shape index (κ2) is 7.73. The van der Waals surface area contributed by atoms with E-state index in [1.54, 1.807) is 23.1 Å². The van der Waals surface area contributed by atoms with Crippen LogP contribution in [0.1, 0.15) is 47.4 Å². The zero-order valence-electron chi connectivity index (χ0n) is 16.1. The van der Waals surface area contributed by atoms with Crippen molar-refractivity contribution in [3.05, 3.63) is 39.8 Å². The number of aryl methyl sites for hydroxylation is 2. The van der Waals surface area contributed by atoms with E-state index < -0.39 is 0 Å². The molecule has 2 aromatic rings. The Balaban J connectivity index is 1.24. The molecule has 2 saturated heterocycles. The highest BCUT2D eigenvalue weighted by atomic mass is 32.1. The third kappa shape index (κ3) is 4.25. The summed E-state index contributed by atoms with van der Waals surface area (Å²) in [6.45, 7) is 5.68. The quantitative estimate of drug-likeness (QED) is 0.856. The van der Waals surface area contributed by atoms with Gasteiger partial charge in [-0.1, -0.05) is 0 Å². The maximum Gasteiger partial charge on any atom is 0.269 e. The molecule has 0 radical (unpaired) electrons. The maximum absolute atomic E-state index is 12.4. The first-order valence-electron chi connectivity index (χ1n) is 9.73. The van der Waals surface area contributed by atoms with E-state index in [1.165, 1.54) is 5.56 Å². The summed E-state index contributed by atoms with van der Waals surface area (Å²) in [7, 11) is 1.80. The van der Waals surface area contributed by atoms with Gasteiger partial charge in [0, 0.05) is 33.2 Å². The average Bonchev–Trinajstić information content (AvgIpc) is 3.37. The Labute approximate surface area is 164 Å². The molecule has 7 heteroatoms. The Morgan fingerprint density at radius 1 is 1.41 bits per heavy atom. The SMILES string of the molecule is Cc1cc(C(=O)NCC2CCC3(CCN(Cc4ccsc4)CC3)O2)n(C)n1. The minimum atomic E-state index is -0.0757. The second-order valence-corrected chi connectivity index (χ2v) is 8.65. The fraction of sp³-hybridized carbons (Fsp3) is 0.600. The predicted molar refractivity (Wildman–Crippen MR) is 106 cm³/mol. The Morgan fingerprint density at radius 3 is 2.89 bits per heavy atom. The summed E-state index contributed by atoms with van der Waals surface area (Å²) in [5.74, 6) is -0.0757. The molecule has 6 nitrogen and oxygen atoms in total. The van der Waals surface area contributed by atoms with E-state index in [4.69, 9.17) is 4.74 Å². The summed E-state index contributed by atoms with van der Waals surface area (Å²) < 4.78 is 8.06. The summed E-state index contributed by atoms with van der Waals surface area (Å²) in [5, 5.41) is 11.6. The van der Waals surface area contributed by atoms with Crippen LogP contribution in [0.15, 0.2) is 22.9 Å². The van der Waals surface area contributed by atoms with E-state index >= 15 is 0 Å². The van der Waals surface area contributed by atoms with Gasteiger partial charge < -0.3 is 10.1 Å². The lowest BCUT2D eigenvalue weighted by Gasteiger charge is -2.39. The molecule has 1 spiro atoms. The van der Waals surface area contributed by atoms with Gasteiger partial charge >= 0.3 is 0 Å². The molecule has 0 aromatic carbocycles. The summed E-state index contributed by atoms with van der Waals surface area (Å²) in [6.07, 6.45) is 4.41. The van der Waals surface area contributed by atoms with Crippen molar-refractivity contribution in [1.82, 2.24) is 20.0 Å². The van der Waals surface area contributed by atoms with Crippen LogP contribution in [0.3, 0.4) is 0 Å². The summed E-state index contributed by atoms with van der Waals surface area (Å²) in [4.78, 5) is 14.9. The summed E-state index contributed by atoms with van der Waals surface area (Å²) >= 11 is 1.76. The first-order chi connectivity index (χ1) is 13.0. The van der Waals surface area contributed by atoms with Crippen LogP contribution in [0.25, 0.3) is 0 Å². The number of aromatic nitrogens is 2. The molecule has 1 atom stereocenters. The molecule has 1 unspecified atom stereocenters. The molecule has 0 bridgehead atoms. The normalized spacial score (nSPS) is 22.4. The monoisotopic (exact) mass is 388 g/mol. The molecule has 2 fully saturated rings. The molecule has 0 aliphatic carbocycles. The first-order valence-corrected chi connectivity index (χ1v) is 10.7. The van der Waals surface area contributed by atoms with Gasteiger partial charge in [-0.05, 0) is 61.1 Å². The number of hydrogen-bond donors (Lipinski definition) is 1. The molecular formula is C20H28N4O2S. The highest BCUT2D eigenvalue weighted by Crippen LogP contribution is 2.39. The van der Waals surface area contributed by atoms with Crippen LogP contribution in [-0.4, -0.2) is 51.9 Å². The lowest BCUT2D eigenvalue weighted by molar-refractivity contribution is -0.0764. The van der Waals surface area contributed by atoms with E-state index in [-0.39, 0.29) is 17.6 Å². The lowest BCUT2D eigenvalue weighted by Crippen LogP contribution is -2.44. The van der Waals surface area contributed by atoms with E-state index in [1.807, 2.05) is 13.0 Å². The number of ether oxygens (including phenoxy) is 1. The Morgan fingerprint density at radius 2 is 2.22 bits per heavy atom. The van der Waals surface area contributed by atoms with Crippen molar-refractivity contribution in [1.29, 1.82) is 0 Å². The van der Waals surface area contributed by atoms with Gasteiger partial charge in [-0.2, -0.15) is 16.4 Å². The number of piperidine rings is 1. The molecule has 27 heavy (non-hydrogen) atoms. The smallest absolute Gasteiger partial charge is 0.269 e. The number of carbonyl (C=O) groups is 1. The molecule has 2 aliphatic heterocycles. The molecule has 146 valence electrons. The topological polar surface area (TPSA) is 59.4 Å². The van der Waals surface area contributed by atoms with Gasteiger partial charge in [-0.25, -0.2) is 0 Å². The predicted octanol–water partition coefficient (Wildman–Crippen LogP) is 2.73. The third-order valence-electron chi connectivity index (χ3n) is 5.82. The van der Waals surface area contributed by atoms with Gasteiger partial charge in [0.1, 0.15) is 5.69 Å². The standard InChI is InChI=1S/C20H28N4O2S/c1-15-11-18(23(2)22-15)19(25)21-12-17-3-5-20(26-17)6-8-24(9-7-20)13-16-4-10-27-14-16/h4,10-11,14,17H,3,5-9,12-13H2,1-2H3,(H,21,25). The van der Waals surface area contributed by atoms with Gasteiger partial charge in [-0.15, -0.1) is 0 Å². The zero-order valence-corrected chi connectivity index (χ0v) is 16.9. The average molecular weight is 389 g/mol. The molecule has 2 aliphatic rings. The lowest BCUT2D eigenvalue weighted by atomic mass is 9.88. The van der Waals surface area contributed by atoms with Crippen LogP contribution in [-0.2, 0) is 18.3 Å². The molecule has 1 amide bonds. The molecule has 0 saturated carbocycles.